The molecule has 5 heteroatoms. The summed E-state index contributed by atoms with van der Waals surface area (Å²) in [6, 6.07) is 15.5. The Morgan fingerprint density at radius 1 is 1.07 bits per heavy atom. The van der Waals surface area contributed by atoms with E-state index in [0.717, 1.165) is 25.0 Å². The third-order valence-electron chi connectivity index (χ3n) is 5.42. The van der Waals surface area contributed by atoms with Gasteiger partial charge in [-0.3, -0.25) is 9.59 Å². The molecule has 2 aromatic carbocycles. The van der Waals surface area contributed by atoms with Crippen molar-refractivity contribution in [3.63, 3.8) is 0 Å². The van der Waals surface area contributed by atoms with Gasteiger partial charge in [0.2, 0.25) is 5.91 Å². The van der Waals surface area contributed by atoms with Gasteiger partial charge in [-0.05, 0) is 47.9 Å². The highest BCUT2D eigenvalue weighted by Crippen LogP contribution is 2.22. The van der Waals surface area contributed by atoms with Crippen molar-refractivity contribution in [3.8, 4) is 0 Å². The number of ether oxygens (including phenoxy) is 1. The van der Waals surface area contributed by atoms with Crippen LogP contribution in [0, 0.1) is 0 Å². The molecule has 2 N–H and O–H groups in total. The van der Waals surface area contributed by atoms with Gasteiger partial charge in [-0.15, -0.1) is 0 Å². The molecule has 30 heavy (non-hydrogen) atoms. The monoisotopic (exact) mass is 408 g/mol. The molecule has 5 nitrogen and oxygen atoms in total. The quantitative estimate of drug-likeness (QED) is 0.711. The SMILES string of the molecule is CC(C)(C)c1ccc(CCC(=O)Nc2ccccc2C(=O)NCC2CCCO2)cc1. The van der Waals surface area contributed by atoms with Gasteiger partial charge in [0.05, 0.1) is 17.4 Å². The topological polar surface area (TPSA) is 67.4 Å². The van der Waals surface area contributed by atoms with Gasteiger partial charge in [0.25, 0.3) is 5.91 Å². The van der Waals surface area contributed by atoms with E-state index in [1.54, 1.807) is 18.2 Å². The first-order valence-electron chi connectivity index (χ1n) is 10.7. The normalized spacial score (nSPS) is 16.3. The molecule has 0 aromatic heterocycles. The van der Waals surface area contributed by atoms with Crippen LogP contribution in [0.1, 0.15) is 61.5 Å². The maximum Gasteiger partial charge on any atom is 0.253 e. The van der Waals surface area contributed by atoms with Crippen LogP contribution >= 0.6 is 0 Å². The van der Waals surface area contributed by atoms with Crippen LogP contribution in [0.5, 0.6) is 0 Å². The second-order valence-electron chi connectivity index (χ2n) is 8.89. The standard InChI is InChI=1S/C25H32N2O3/c1-25(2,3)19-13-10-18(11-14-19)12-15-23(28)27-22-9-5-4-8-21(22)24(29)26-17-20-7-6-16-30-20/h4-5,8-11,13-14,20H,6-7,12,15-17H2,1-3H3,(H,26,29)(H,27,28). The molecule has 2 amide bonds. The molecule has 160 valence electrons. The molecular weight excluding hydrogens is 376 g/mol. The first kappa shape index (κ1) is 22.0. The average Bonchev–Trinajstić information content (AvgIpc) is 3.24. The smallest absolute Gasteiger partial charge is 0.253 e. The summed E-state index contributed by atoms with van der Waals surface area (Å²) >= 11 is 0. The number of benzene rings is 2. The Kier molecular flexibility index (Phi) is 7.27. The highest BCUT2D eigenvalue weighted by Gasteiger charge is 2.18. The fourth-order valence-corrected chi connectivity index (χ4v) is 3.54. The van der Waals surface area contributed by atoms with Crippen LogP contribution in [0.25, 0.3) is 0 Å². The molecule has 3 rings (SSSR count). The molecule has 0 aliphatic carbocycles. The van der Waals surface area contributed by atoms with Crippen LogP contribution in [0.2, 0.25) is 0 Å². The number of para-hydroxylation sites is 1. The summed E-state index contributed by atoms with van der Waals surface area (Å²) in [5.74, 6) is -0.298. The number of rotatable bonds is 7. The van der Waals surface area contributed by atoms with Gasteiger partial charge in [-0.25, -0.2) is 0 Å². The van der Waals surface area contributed by atoms with E-state index in [9.17, 15) is 9.59 Å². The molecule has 1 unspecified atom stereocenters. The molecule has 1 atom stereocenters. The number of hydrogen-bond acceptors (Lipinski definition) is 3. The number of hydrogen-bond donors (Lipinski definition) is 2. The van der Waals surface area contributed by atoms with Crippen LogP contribution in [-0.4, -0.2) is 31.1 Å². The van der Waals surface area contributed by atoms with E-state index in [0.29, 0.717) is 30.6 Å². The molecule has 1 aliphatic rings. The summed E-state index contributed by atoms with van der Waals surface area (Å²) < 4.78 is 5.55. The number of nitrogens with one attached hydrogen (secondary N) is 2. The first-order chi connectivity index (χ1) is 14.3. The lowest BCUT2D eigenvalue weighted by Gasteiger charge is -2.19. The number of amides is 2. The van der Waals surface area contributed by atoms with Gasteiger partial charge in [-0.2, -0.15) is 0 Å². The summed E-state index contributed by atoms with van der Waals surface area (Å²) in [5.41, 5.74) is 3.53. The van der Waals surface area contributed by atoms with Crippen molar-refractivity contribution in [2.24, 2.45) is 0 Å². The molecule has 0 spiro atoms. The lowest BCUT2D eigenvalue weighted by atomic mass is 9.86. The first-order valence-corrected chi connectivity index (χ1v) is 10.7. The highest BCUT2D eigenvalue weighted by atomic mass is 16.5. The fourth-order valence-electron chi connectivity index (χ4n) is 3.54. The largest absolute Gasteiger partial charge is 0.376 e. The Morgan fingerprint density at radius 3 is 2.47 bits per heavy atom. The van der Waals surface area contributed by atoms with Crippen molar-refractivity contribution < 1.29 is 14.3 Å². The molecular formula is C25H32N2O3. The van der Waals surface area contributed by atoms with Crippen molar-refractivity contribution in [1.29, 1.82) is 0 Å². The van der Waals surface area contributed by atoms with Crippen LogP contribution in [0.3, 0.4) is 0 Å². The van der Waals surface area contributed by atoms with Gasteiger partial charge in [0, 0.05) is 19.6 Å². The van der Waals surface area contributed by atoms with E-state index in [1.165, 1.54) is 5.56 Å². The minimum absolute atomic E-state index is 0.0837. The Hall–Kier alpha value is -2.66. The highest BCUT2D eigenvalue weighted by molar-refractivity contribution is 6.03. The third kappa shape index (κ3) is 6.17. The van der Waals surface area contributed by atoms with E-state index in [4.69, 9.17) is 4.74 Å². The predicted molar refractivity (Wildman–Crippen MR) is 120 cm³/mol. The van der Waals surface area contributed by atoms with E-state index >= 15 is 0 Å². The molecule has 1 aliphatic heterocycles. The predicted octanol–water partition coefficient (Wildman–Crippen LogP) is 4.46. The van der Waals surface area contributed by atoms with Crippen molar-refractivity contribution in [3.05, 3.63) is 65.2 Å². The van der Waals surface area contributed by atoms with E-state index < -0.39 is 0 Å². The maximum atomic E-state index is 12.6. The number of anilines is 1. The summed E-state index contributed by atoms with van der Waals surface area (Å²) in [6.07, 6.45) is 3.10. The van der Waals surface area contributed by atoms with E-state index in [1.807, 2.05) is 6.07 Å². The fraction of sp³-hybridized carbons (Fsp3) is 0.440. The Morgan fingerprint density at radius 2 is 1.80 bits per heavy atom. The molecule has 0 bridgehead atoms. The zero-order valence-corrected chi connectivity index (χ0v) is 18.2. The zero-order chi connectivity index (χ0) is 21.6. The number of carbonyl (C=O) groups excluding carboxylic acids is 2. The third-order valence-corrected chi connectivity index (χ3v) is 5.42. The molecule has 1 heterocycles. The van der Waals surface area contributed by atoms with Crippen molar-refractivity contribution in [1.82, 2.24) is 5.32 Å². The summed E-state index contributed by atoms with van der Waals surface area (Å²) in [5, 5.41) is 5.81. The van der Waals surface area contributed by atoms with Gasteiger partial charge in [0.1, 0.15) is 0 Å². The molecule has 1 saturated heterocycles. The van der Waals surface area contributed by atoms with Crippen molar-refractivity contribution >= 4 is 17.5 Å². The van der Waals surface area contributed by atoms with E-state index in [2.05, 4.69) is 55.7 Å². The summed E-state index contributed by atoms with van der Waals surface area (Å²) in [7, 11) is 0. The van der Waals surface area contributed by atoms with Gasteiger partial charge in [-0.1, -0.05) is 57.2 Å². The van der Waals surface area contributed by atoms with Gasteiger partial charge in [0.15, 0.2) is 0 Å². The molecule has 0 radical (unpaired) electrons. The lowest BCUT2D eigenvalue weighted by Crippen LogP contribution is -2.32. The lowest BCUT2D eigenvalue weighted by molar-refractivity contribution is -0.116. The Bertz CT molecular complexity index is 863. The summed E-state index contributed by atoms with van der Waals surface area (Å²) in [4.78, 5) is 25.1. The van der Waals surface area contributed by atoms with Gasteiger partial charge < -0.3 is 15.4 Å². The number of aryl methyl sites for hydroxylation is 1. The van der Waals surface area contributed by atoms with E-state index in [-0.39, 0.29) is 23.3 Å². The maximum absolute atomic E-state index is 12.6. The Labute approximate surface area is 179 Å². The van der Waals surface area contributed by atoms with Gasteiger partial charge >= 0.3 is 0 Å². The molecule has 0 saturated carbocycles. The second-order valence-corrected chi connectivity index (χ2v) is 8.89. The minimum Gasteiger partial charge on any atom is -0.376 e. The number of carbonyl (C=O) groups is 2. The molecule has 1 fully saturated rings. The molecule has 2 aromatic rings. The van der Waals surface area contributed by atoms with Crippen LogP contribution in [0.15, 0.2) is 48.5 Å². The van der Waals surface area contributed by atoms with Crippen LogP contribution in [0.4, 0.5) is 5.69 Å². The second kappa shape index (κ2) is 9.90. The van der Waals surface area contributed by atoms with Crippen molar-refractivity contribution in [2.45, 2.75) is 58.0 Å². The van der Waals surface area contributed by atoms with Crippen molar-refractivity contribution in [2.75, 3.05) is 18.5 Å². The minimum atomic E-state index is -0.195. The summed E-state index contributed by atoms with van der Waals surface area (Å²) in [6.45, 7) is 7.80. The zero-order valence-electron chi connectivity index (χ0n) is 18.2. The Balaban J connectivity index is 1.54. The van der Waals surface area contributed by atoms with Crippen LogP contribution < -0.4 is 10.6 Å². The van der Waals surface area contributed by atoms with Crippen LogP contribution in [-0.2, 0) is 21.4 Å². The average molecular weight is 409 g/mol.